The molecule has 0 unspecified atom stereocenters. The number of para-hydroxylation sites is 1. The zero-order valence-electron chi connectivity index (χ0n) is 10.6. The van der Waals surface area contributed by atoms with Crippen LogP contribution in [0.1, 0.15) is 17.4 Å². The molecule has 1 aromatic heterocycles. The fourth-order valence-electron chi connectivity index (χ4n) is 1.70. The summed E-state index contributed by atoms with van der Waals surface area (Å²) in [5.74, 6) is -0.353. The molecule has 2 rings (SSSR count). The quantitative estimate of drug-likeness (QED) is 0.806. The number of fused-ring (bicyclic) bond motifs is 1. The smallest absolute Gasteiger partial charge is 0.269 e. The minimum Gasteiger partial charge on any atom is -0.355 e. The third-order valence-corrected chi connectivity index (χ3v) is 2.62. The molecule has 5 heteroatoms. The molecule has 0 aliphatic carbocycles. The van der Waals surface area contributed by atoms with Crippen molar-refractivity contribution in [3.8, 4) is 0 Å². The maximum Gasteiger partial charge on any atom is 0.269 e. The van der Waals surface area contributed by atoms with Gasteiger partial charge in [-0.1, -0.05) is 24.3 Å². The summed E-state index contributed by atoms with van der Waals surface area (Å²) in [5.41, 5.74) is 1.17. The standard InChI is InChI=1S/C14H15N3O2/c1-10(18)15-8-9-16-14(19)13-7-6-11-4-2-3-5-12(11)17-13/h2-7H,8-9H2,1H3,(H,15,18)(H,16,19). The molecule has 98 valence electrons. The summed E-state index contributed by atoms with van der Waals surface area (Å²) < 4.78 is 0. The Morgan fingerprint density at radius 3 is 2.58 bits per heavy atom. The number of aromatic nitrogens is 1. The highest BCUT2D eigenvalue weighted by atomic mass is 16.2. The number of nitrogens with one attached hydrogen (secondary N) is 2. The molecule has 0 saturated carbocycles. The monoisotopic (exact) mass is 257 g/mol. The molecular formula is C14H15N3O2. The zero-order chi connectivity index (χ0) is 13.7. The Morgan fingerprint density at radius 1 is 1.05 bits per heavy atom. The summed E-state index contributed by atoms with van der Waals surface area (Å²) in [6.45, 7) is 2.23. The van der Waals surface area contributed by atoms with Crippen LogP contribution in [0.3, 0.4) is 0 Å². The number of carbonyl (C=O) groups is 2. The molecule has 2 aromatic rings. The second-order valence-electron chi connectivity index (χ2n) is 4.13. The highest BCUT2D eigenvalue weighted by molar-refractivity contribution is 5.94. The van der Waals surface area contributed by atoms with Crippen LogP contribution in [0.15, 0.2) is 36.4 Å². The Bertz CT molecular complexity index is 610. The Hall–Kier alpha value is -2.43. The Kier molecular flexibility index (Phi) is 4.07. The molecule has 0 spiro atoms. The zero-order valence-corrected chi connectivity index (χ0v) is 10.6. The third-order valence-electron chi connectivity index (χ3n) is 2.62. The first-order valence-corrected chi connectivity index (χ1v) is 6.05. The van der Waals surface area contributed by atoms with Crippen molar-refractivity contribution < 1.29 is 9.59 Å². The predicted molar refractivity (Wildman–Crippen MR) is 72.8 cm³/mol. The summed E-state index contributed by atoms with van der Waals surface area (Å²) in [7, 11) is 0. The van der Waals surface area contributed by atoms with E-state index < -0.39 is 0 Å². The van der Waals surface area contributed by atoms with Gasteiger partial charge in [-0.3, -0.25) is 9.59 Å². The molecule has 0 aliphatic rings. The van der Waals surface area contributed by atoms with E-state index in [1.165, 1.54) is 6.92 Å². The second kappa shape index (κ2) is 5.95. The van der Waals surface area contributed by atoms with E-state index in [1.807, 2.05) is 30.3 Å². The van der Waals surface area contributed by atoms with Crippen LogP contribution in [0.5, 0.6) is 0 Å². The first kappa shape index (κ1) is 13.0. The van der Waals surface area contributed by atoms with Crippen molar-refractivity contribution >= 4 is 22.7 Å². The number of hydrogen-bond acceptors (Lipinski definition) is 3. The minimum atomic E-state index is -0.240. The molecule has 1 aromatic carbocycles. The van der Waals surface area contributed by atoms with Crippen LogP contribution in [-0.4, -0.2) is 29.9 Å². The van der Waals surface area contributed by atoms with Crippen molar-refractivity contribution in [1.82, 2.24) is 15.6 Å². The molecule has 0 aliphatic heterocycles. The van der Waals surface area contributed by atoms with E-state index in [0.29, 0.717) is 18.8 Å². The van der Waals surface area contributed by atoms with Crippen molar-refractivity contribution in [2.45, 2.75) is 6.92 Å². The topological polar surface area (TPSA) is 71.1 Å². The van der Waals surface area contributed by atoms with Gasteiger partial charge in [0.1, 0.15) is 5.69 Å². The van der Waals surface area contributed by atoms with Gasteiger partial charge in [0.05, 0.1) is 5.52 Å². The summed E-state index contributed by atoms with van der Waals surface area (Å²) in [6.07, 6.45) is 0. The molecule has 1 heterocycles. The number of rotatable bonds is 4. The van der Waals surface area contributed by atoms with Crippen LogP contribution < -0.4 is 10.6 Å². The first-order valence-electron chi connectivity index (χ1n) is 6.05. The Morgan fingerprint density at radius 2 is 1.79 bits per heavy atom. The Balaban J connectivity index is 1.99. The summed E-state index contributed by atoms with van der Waals surface area (Å²) in [6, 6.07) is 11.2. The van der Waals surface area contributed by atoms with Gasteiger partial charge in [-0.05, 0) is 12.1 Å². The van der Waals surface area contributed by atoms with Crippen LogP contribution >= 0.6 is 0 Å². The number of amides is 2. The second-order valence-corrected chi connectivity index (χ2v) is 4.13. The van der Waals surface area contributed by atoms with Crippen LogP contribution in [0.4, 0.5) is 0 Å². The molecule has 0 radical (unpaired) electrons. The molecule has 0 saturated heterocycles. The maximum atomic E-state index is 11.8. The van der Waals surface area contributed by atoms with Gasteiger partial charge < -0.3 is 10.6 Å². The number of benzene rings is 1. The predicted octanol–water partition coefficient (Wildman–Crippen LogP) is 1.10. The fourth-order valence-corrected chi connectivity index (χ4v) is 1.70. The van der Waals surface area contributed by atoms with Crippen molar-refractivity contribution in [3.05, 3.63) is 42.1 Å². The van der Waals surface area contributed by atoms with E-state index in [2.05, 4.69) is 15.6 Å². The highest BCUT2D eigenvalue weighted by Gasteiger charge is 2.07. The van der Waals surface area contributed by atoms with Gasteiger partial charge in [-0.25, -0.2) is 4.98 Å². The van der Waals surface area contributed by atoms with Gasteiger partial charge >= 0.3 is 0 Å². The van der Waals surface area contributed by atoms with E-state index in [4.69, 9.17) is 0 Å². The Labute approximate surface area is 111 Å². The van der Waals surface area contributed by atoms with Gasteiger partial charge in [-0.2, -0.15) is 0 Å². The van der Waals surface area contributed by atoms with E-state index >= 15 is 0 Å². The lowest BCUT2D eigenvalue weighted by Crippen LogP contribution is -2.33. The van der Waals surface area contributed by atoms with Crippen molar-refractivity contribution in [1.29, 1.82) is 0 Å². The maximum absolute atomic E-state index is 11.8. The van der Waals surface area contributed by atoms with Crippen LogP contribution in [0.25, 0.3) is 10.9 Å². The van der Waals surface area contributed by atoms with Gasteiger partial charge in [-0.15, -0.1) is 0 Å². The van der Waals surface area contributed by atoms with E-state index in [9.17, 15) is 9.59 Å². The van der Waals surface area contributed by atoms with E-state index in [-0.39, 0.29) is 11.8 Å². The van der Waals surface area contributed by atoms with E-state index in [1.54, 1.807) is 6.07 Å². The van der Waals surface area contributed by atoms with Crippen molar-refractivity contribution in [3.63, 3.8) is 0 Å². The van der Waals surface area contributed by atoms with Crippen LogP contribution in [0.2, 0.25) is 0 Å². The lowest BCUT2D eigenvalue weighted by molar-refractivity contribution is -0.118. The number of pyridine rings is 1. The van der Waals surface area contributed by atoms with Gasteiger partial charge in [0.2, 0.25) is 5.91 Å². The largest absolute Gasteiger partial charge is 0.355 e. The first-order chi connectivity index (χ1) is 9.16. The summed E-state index contributed by atoms with van der Waals surface area (Å²) >= 11 is 0. The van der Waals surface area contributed by atoms with Gasteiger partial charge in [0.15, 0.2) is 0 Å². The molecule has 0 bridgehead atoms. The summed E-state index contributed by atoms with van der Waals surface area (Å²) in [4.78, 5) is 26.8. The van der Waals surface area contributed by atoms with E-state index in [0.717, 1.165) is 10.9 Å². The summed E-state index contributed by atoms with van der Waals surface area (Å²) in [5, 5.41) is 6.31. The van der Waals surface area contributed by atoms with Crippen molar-refractivity contribution in [2.75, 3.05) is 13.1 Å². The number of hydrogen-bond donors (Lipinski definition) is 2. The molecule has 2 N–H and O–H groups in total. The molecule has 2 amide bonds. The average molecular weight is 257 g/mol. The lowest BCUT2D eigenvalue weighted by atomic mass is 10.2. The molecular weight excluding hydrogens is 242 g/mol. The molecule has 0 fully saturated rings. The molecule has 0 atom stereocenters. The normalized spacial score (nSPS) is 10.2. The lowest BCUT2D eigenvalue weighted by Gasteiger charge is -2.06. The van der Waals surface area contributed by atoms with Crippen molar-refractivity contribution in [2.24, 2.45) is 0 Å². The SMILES string of the molecule is CC(=O)NCCNC(=O)c1ccc2ccccc2n1. The van der Waals surface area contributed by atoms with Gasteiger partial charge in [0.25, 0.3) is 5.91 Å². The number of nitrogens with zero attached hydrogens (tertiary/aromatic N) is 1. The van der Waals surface area contributed by atoms with Crippen LogP contribution in [-0.2, 0) is 4.79 Å². The minimum absolute atomic E-state index is 0.113. The molecule has 19 heavy (non-hydrogen) atoms. The third kappa shape index (κ3) is 3.51. The van der Waals surface area contributed by atoms with Gasteiger partial charge in [0, 0.05) is 25.4 Å². The fraction of sp³-hybridized carbons (Fsp3) is 0.214. The molecule has 5 nitrogen and oxygen atoms in total. The van der Waals surface area contributed by atoms with Crippen LogP contribution in [0, 0.1) is 0 Å². The average Bonchev–Trinajstić information content (AvgIpc) is 2.42. The highest BCUT2D eigenvalue weighted by Crippen LogP contribution is 2.11. The number of carbonyl (C=O) groups excluding carboxylic acids is 2.